The number of nitro groups is 1. The number of carbonyl (C=O) groups is 1. The Balaban J connectivity index is 2.18. The van der Waals surface area contributed by atoms with E-state index in [-0.39, 0.29) is 11.3 Å². The molecule has 1 aromatic heterocycles. The Morgan fingerprint density at radius 3 is 2.71 bits per heavy atom. The van der Waals surface area contributed by atoms with Gasteiger partial charge in [0.25, 0.3) is 5.69 Å². The third-order valence-electron chi connectivity index (χ3n) is 3.07. The van der Waals surface area contributed by atoms with Gasteiger partial charge in [0.1, 0.15) is 17.4 Å². The number of rotatable bonds is 4. The first kappa shape index (κ1) is 14.7. The molecule has 7 nitrogen and oxygen atoms in total. The van der Waals surface area contributed by atoms with E-state index in [1.54, 1.807) is 32.9 Å². The van der Waals surface area contributed by atoms with E-state index in [1.165, 1.54) is 12.1 Å². The smallest absolute Gasteiger partial charge is 0.344 e. The molecule has 0 unspecified atom stereocenters. The minimum Gasteiger partial charge on any atom is -0.454 e. The number of nitrogens with zero attached hydrogens (tertiary/aromatic N) is 2. The molecule has 0 aliphatic carbocycles. The lowest BCUT2D eigenvalue weighted by molar-refractivity contribution is -0.385. The molecule has 7 heteroatoms. The normalized spacial score (nSPS) is 12.0. The summed E-state index contributed by atoms with van der Waals surface area (Å²) in [6, 6.07) is 5.98. The molecule has 1 atom stereocenters. The van der Waals surface area contributed by atoms with Crippen molar-refractivity contribution in [3.63, 3.8) is 0 Å². The van der Waals surface area contributed by atoms with Gasteiger partial charge < -0.3 is 9.26 Å². The summed E-state index contributed by atoms with van der Waals surface area (Å²) >= 11 is 0. The number of hydrogen-bond acceptors (Lipinski definition) is 6. The van der Waals surface area contributed by atoms with Crippen molar-refractivity contribution in [1.29, 1.82) is 0 Å². The van der Waals surface area contributed by atoms with Crippen molar-refractivity contribution in [2.75, 3.05) is 0 Å². The number of benzene rings is 1. The fourth-order valence-electron chi connectivity index (χ4n) is 1.95. The van der Waals surface area contributed by atoms with Crippen molar-refractivity contribution in [3.8, 4) is 0 Å². The topological polar surface area (TPSA) is 95.5 Å². The summed E-state index contributed by atoms with van der Waals surface area (Å²) in [5.74, 6) is -0.186. The van der Waals surface area contributed by atoms with E-state index in [0.717, 1.165) is 0 Å². The summed E-state index contributed by atoms with van der Waals surface area (Å²) in [6.45, 7) is 4.91. The average molecular weight is 290 g/mol. The van der Waals surface area contributed by atoms with E-state index in [4.69, 9.17) is 9.26 Å². The van der Waals surface area contributed by atoms with Crippen LogP contribution in [0.4, 0.5) is 5.69 Å². The Kier molecular flexibility index (Phi) is 4.02. The molecule has 0 saturated carbocycles. The molecule has 2 aromatic rings. The SMILES string of the molecule is Cc1noc(C)c1C(=O)O[C@@H](C)c1cccc([N+](=O)[O-])c1. The maximum absolute atomic E-state index is 12.1. The Bertz CT molecular complexity index is 673. The molecular formula is C14H14N2O5. The Labute approximate surface area is 120 Å². The van der Waals surface area contributed by atoms with Crippen LogP contribution in [0.25, 0.3) is 0 Å². The first-order chi connectivity index (χ1) is 9.90. The molecule has 1 heterocycles. The Hall–Kier alpha value is -2.70. The monoisotopic (exact) mass is 290 g/mol. The summed E-state index contributed by atoms with van der Waals surface area (Å²) in [5, 5.41) is 14.4. The highest BCUT2D eigenvalue weighted by atomic mass is 16.6. The quantitative estimate of drug-likeness (QED) is 0.487. The van der Waals surface area contributed by atoms with Gasteiger partial charge in [0.15, 0.2) is 0 Å². The van der Waals surface area contributed by atoms with Gasteiger partial charge in [0.05, 0.1) is 10.6 Å². The zero-order valence-electron chi connectivity index (χ0n) is 11.8. The van der Waals surface area contributed by atoms with Gasteiger partial charge in [-0.2, -0.15) is 0 Å². The van der Waals surface area contributed by atoms with Crippen LogP contribution in [0.5, 0.6) is 0 Å². The molecule has 2 rings (SSSR count). The van der Waals surface area contributed by atoms with E-state index >= 15 is 0 Å². The zero-order valence-corrected chi connectivity index (χ0v) is 11.8. The first-order valence-electron chi connectivity index (χ1n) is 6.28. The van der Waals surface area contributed by atoms with Crippen LogP contribution in [0.3, 0.4) is 0 Å². The van der Waals surface area contributed by atoms with Gasteiger partial charge in [-0.05, 0) is 26.3 Å². The third kappa shape index (κ3) is 3.07. The minimum atomic E-state index is -0.619. The highest BCUT2D eigenvalue weighted by molar-refractivity contribution is 5.91. The maximum Gasteiger partial charge on any atom is 0.344 e. The Morgan fingerprint density at radius 1 is 1.43 bits per heavy atom. The summed E-state index contributed by atoms with van der Waals surface area (Å²) < 4.78 is 10.2. The molecule has 110 valence electrons. The van der Waals surface area contributed by atoms with Crippen LogP contribution in [0.1, 0.15) is 40.4 Å². The molecule has 1 aromatic carbocycles. The number of aromatic nitrogens is 1. The van der Waals surface area contributed by atoms with Crippen molar-refractivity contribution in [2.24, 2.45) is 0 Å². The number of non-ortho nitro benzene ring substituents is 1. The largest absolute Gasteiger partial charge is 0.454 e. The molecule has 0 bridgehead atoms. The lowest BCUT2D eigenvalue weighted by atomic mass is 10.1. The van der Waals surface area contributed by atoms with Crippen molar-refractivity contribution in [2.45, 2.75) is 26.9 Å². The molecule has 0 aliphatic heterocycles. The number of aryl methyl sites for hydroxylation is 2. The summed E-state index contributed by atoms with van der Waals surface area (Å²) in [5.41, 5.74) is 1.23. The van der Waals surface area contributed by atoms with E-state index in [9.17, 15) is 14.9 Å². The van der Waals surface area contributed by atoms with Gasteiger partial charge >= 0.3 is 5.97 Å². The fraction of sp³-hybridized carbons (Fsp3) is 0.286. The van der Waals surface area contributed by atoms with Gasteiger partial charge in [-0.25, -0.2) is 4.79 Å². The van der Waals surface area contributed by atoms with E-state index in [2.05, 4.69) is 5.16 Å². The number of nitro benzene ring substituents is 1. The molecule has 0 saturated heterocycles. The minimum absolute atomic E-state index is 0.0484. The molecule has 0 amide bonds. The number of hydrogen-bond donors (Lipinski definition) is 0. The average Bonchev–Trinajstić information content (AvgIpc) is 2.78. The van der Waals surface area contributed by atoms with Gasteiger partial charge in [0.2, 0.25) is 0 Å². The molecule has 0 radical (unpaired) electrons. The summed E-state index contributed by atoms with van der Waals surface area (Å²) in [4.78, 5) is 22.4. The van der Waals surface area contributed by atoms with Crippen molar-refractivity contribution < 1.29 is 19.0 Å². The van der Waals surface area contributed by atoms with Gasteiger partial charge in [-0.3, -0.25) is 10.1 Å². The van der Waals surface area contributed by atoms with Crippen LogP contribution in [0.15, 0.2) is 28.8 Å². The van der Waals surface area contributed by atoms with Crippen LogP contribution in [0.2, 0.25) is 0 Å². The van der Waals surface area contributed by atoms with Crippen LogP contribution >= 0.6 is 0 Å². The molecule has 21 heavy (non-hydrogen) atoms. The van der Waals surface area contributed by atoms with E-state index in [0.29, 0.717) is 17.0 Å². The third-order valence-corrected chi connectivity index (χ3v) is 3.07. The van der Waals surface area contributed by atoms with Crippen LogP contribution in [-0.4, -0.2) is 16.0 Å². The van der Waals surface area contributed by atoms with Gasteiger partial charge in [-0.1, -0.05) is 17.3 Å². The van der Waals surface area contributed by atoms with Crippen LogP contribution in [0, 0.1) is 24.0 Å². The standard InChI is InChI=1S/C14H14N2O5/c1-8-13(10(3)21-15-8)14(17)20-9(2)11-5-4-6-12(7-11)16(18)19/h4-7,9H,1-3H3/t9-/m0/s1. The predicted octanol–water partition coefficient (Wildman–Crippen LogP) is 3.12. The molecule has 0 spiro atoms. The second-order valence-corrected chi connectivity index (χ2v) is 4.60. The first-order valence-corrected chi connectivity index (χ1v) is 6.28. The molecule has 0 aliphatic rings. The summed E-state index contributed by atoms with van der Waals surface area (Å²) in [7, 11) is 0. The molecular weight excluding hydrogens is 276 g/mol. The zero-order chi connectivity index (χ0) is 15.6. The Morgan fingerprint density at radius 2 is 2.14 bits per heavy atom. The van der Waals surface area contributed by atoms with Crippen LogP contribution < -0.4 is 0 Å². The summed E-state index contributed by atoms with van der Waals surface area (Å²) in [6.07, 6.45) is -0.619. The second kappa shape index (κ2) is 5.74. The van der Waals surface area contributed by atoms with Gasteiger partial charge in [-0.15, -0.1) is 0 Å². The van der Waals surface area contributed by atoms with E-state index < -0.39 is 17.0 Å². The highest BCUT2D eigenvalue weighted by Gasteiger charge is 2.22. The molecule has 0 N–H and O–H groups in total. The highest BCUT2D eigenvalue weighted by Crippen LogP contribution is 2.24. The number of carbonyl (C=O) groups excluding carboxylic acids is 1. The maximum atomic E-state index is 12.1. The lowest BCUT2D eigenvalue weighted by Crippen LogP contribution is -2.11. The van der Waals surface area contributed by atoms with Crippen molar-refractivity contribution >= 4 is 11.7 Å². The van der Waals surface area contributed by atoms with Crippen LogP contribution in [-0.2, 0) is 4.74 Å². The number of esters is 1. The molecule has 0 fully saturated rings. The second-order valence-electron chi connectivity index (χ2n) is 4.60. The number of ether oxygens (including phenoxy) is 1. The van der Waals surface area contributed by atoms with Crippen molar-refractivity contribution in [3.05, 3.63) is 57.0 Å². The lowest BCUT2D eigenvalue weighted by Gasteiger charge is -2.13. The predicted molar refractivity (Wildman–Crippen MR) is 72.9 cm³/mol. The van der Waals surface area contributed by atoms with Crippen molar-refractivity contribution in [1.82, 2.24) is 5.16 Å². The fourth-order valence-corrected chi connectivity index (χ4v) is 1.95. The van der Waals surface area contributed by atoms with Gasteiger partial charge in [0, 0.05) is 12.1 Å². The van der Waals surface area contributed by atoms with E-state index in [1.807, 2.05) is 0 Å².